The number of anilines is 4. The van der Waals surface area contributed by atoms with Crippen molar-refractivity contribution in [3.8, 4) is 5.75 Å². The number of carbonyl (C=O) groups is 2. The number of hydrogen-bond donors (Lipinski definition) is 2. The molecule has 5 aromatic rings. The van der Waals surface area contributed by atoms with Gasteiger partial charge >= 0.3 is 6.03 Å². The quantitative estimate of drug-likeness (QED) is 0.151. The zero-order chi connectivity index (χ0) is 33.4. The van der Waals surface area contributed by atoms with Crippen LogP contribution in [0.1, 0.15) is 33.6 Å². The first-order valence-corrected chi connectivity index (χ1v) is 16.8. The number of urea groups is 1. The second-order valence-corrected chi connectivity index (χ2v) is 13.4. The normalized spacial score (nSPS) is 15.6. The van der Waals surface area contributed by atoms with Crippen LogP contribution in [0.25, 0.3) is 10.2 Å². The molecule has 0 aliphatic carbocycles. The Labute approximate surface area is 289 Å². The lowest BCUT2D eigenvalue weighted by Crippen LogP contribution is -2.35. The fraction of sp³-hybridized carbons (Fsp3) is 0.235. The largest absolute Gasteiger partial charge is 0.487 e. The van der Waals surface area contributed by atoms with Gasteiger partial charge in [-0.05, 0) is 61.3 Å². The average molecular weight is 708 g/mol. The number of nitrogens with one attached hydrogen (secondary N) is 2. The predicted octanol–water partition coefficient (Wildman–Crippen LogP) is 8.26. The molecule has 2 N–H and O–H groups in total. The van der Waals surface area contributed by atoms with Crippen LogP contribution in [0.2, 0.25) is 10.0 Å². The van der Waals surface area contributed by atoms with Gasteiger partial charge in [-0.15, -0.1) is 11.3 Å². The van der Waals surface area contributed by atoms with Crippen LogP contribution in [0.4, 0.5) is 32.1 Å². The number of halogens is 3. The van der Waals surface area contributed by atoms with E-state index in [1.165, 1.54) is 35.5 Å². The van der Waals surface area contributed by atoms with E-state index < -0.39 is 17.8 Å². The van der Waals surface area contributed by atoms with Crippen molar-refractivity contribution in [1.82, 2.24) is 14.9 Å². The number of thiophene rings is 1. The molecule has 3 amide bonds. The summed E-state index contributed by atoms with van der Waals surface area (Å²) in [7, 11) is 2.07. The molecule has 1 saturated heterocycles. The molecule has 1 atom stereocenters. The van der Waals surface area contributed by atoms with Gasteiger partial charge in [0.15, 0.2) is 5.82 Å². The van der Waals surface area contributed by atoms with E-state index in [1.54, 1.807) is 12.1 Å². The van der Waals surface area contributed by atoms with Gasteiger partial charge in [0, 0.05) is 31.5 Å². The van der Waals surface area contributed by atoms with Crippen molar-refractivity contribution in [2.45, 2.75) is 32.1 Å². The van der Waals surface area contributed by atoms with Crippen molar-refractivity contribution in [3.05, 3.63) is 98.9 Å². The molecule has 2 aromatic heterocycles. The molecule has 0 saturated carbocycles. The van der Waals surface area contributed by atoms with Crippen LogP contribution in [-0.4, -0.2) is 53.1 Å². The summed E-state index contributed by atoms with van der Waals surface area (Å²) in [4.78, 5) is 40.3. The summed E-state index contributed by atoms with van der Waals surface area (Å²) in [6.45, 7) is 2.50. The molecule has 0 spiro atoms. The monoisotopic (exact) mass is 706 g/mol. The van der Waals surface area contributed by atoms with Crippen molar-refractivity contribution >= 4 is 79.6 Å². The lowest BCUT2D eigenvalue weighted by atomic mass is 10.1. The first-order chi connectivity index (χ1) is 23.2. The predicted molar refractivity (Wildman–Crippen MR) is 185 cm³/mol. The summed E-state index contributed by atoms with van der Waals surface area (Å²) in [6.07, 6.45) is 3.80. The average Bonchev–Trinajstić information content (AvgIpc) is 3.71. The Hall–Kier alpha value is -4.33. The van der Waals surface area contributed by atoms with Crippen LogP contribution in [0.3, 0.4) is 0 Å². The molecule has 14 heteroatoms. The van der Waals surface area contributed by atoms with Gasteiger partial charge in [-0.1, -0.05) is 47.5 Å². The SMILES string of the molecule is CN(Cc1ccc(NC(=O)c2sc3ncnc4c3c2NC(=O)N4c2cc(OCc3cccc(F)c3)c(Cl)cc2Cl)cc1)C[C@H]1CCCO1. The Kier molecular flexibility index (Phi) is 9.17. The van der Waals surface area contributed by atoms with E-state index in [-0.39, 0.29) is 44.9 Å². The van der Waals surface area contributed by atoms with E-state index in [0.717, 1.165) is 49.4 Å². The summed E-state index contributed by atoms with van der Waals surface area (Å²) in [5, 5.41) is 6.64. The van der Waals surface area contributed by atoms with E-state index in [2.05, 4.69) is 32.5 Å². The second-order valence-electron chi connectivity index (χ2n) is 11.6. The lowest BCUT2D eigenvalue weighted by molar-refractivity contribution is 0.0793. The maximum Gasteiger partial charge on any atom is 0.332 e. The molecule has 48 heavy (non-hydrogen) atoms. The highest BCUT2D eigenvalue weighted by molar-refractivity contribution is 7.21. The molecule has 0 bridgehead atoms. The Bertz CT molecular complexity index is 2020. The minimum atomic E-state index is -0.591. The molecule has 4 heterocycles. The van der Waals surface area contributed by atoms with E-state index in [1.807, 2.05) is 24.3 Å². The van der Waals surface area contributed by atoms with Gasteiger partial charge in [0.2, 0.25) is 0 Å². The van der Waals surface area contributed by atoms with Gasteiger partial charge in [0.25, 0.3) is 5.91 Å². The molecule has 246 valence electrons. The molecular formula is C34H29Cl2FN6O4S. The standard InChI is InChI=1S/C34H29Cl2FN6O4S/c1-42(16-23-6-3-11-46-23)15-19-7-9-22(10-8-19)40-32(44)30-29-28-31(38-18-39-33(28)48-30)43(34(45)41-29)26-14-27(25(36)13-24(26)35)47-17-20-4-2-5-21(37)12-20/h2,4-5,7-10,12-14,18,23H,3,6,11,15-17H2,1H3,(H,40,44)(H,41,45)/t23-/m1/s1. The highest BCUT2D eigenvalue weighted by Gasteiger charge is 2.35. The minimum Gasteiger partial charge on any atom is -0.487 e. The van der Waals surface area contributed by atoms with Crippen molar-refractivity contribution in [1.29, 1.82) is 0 Å². The van der Waals surface area contributed by atoms with Crippen LogP contribution in [0.15, 0.2) is 67.0 Å². The first-order valence-electron chi connectivity index (χ1n) is 15.2. The third-order valence-electron chi connectivity index (χ3n) is 8.05. The van der Waals surface area contributed by atoms with Crippen LogP contribution in [0.5, 0.6) is 5.75 Å². The Morgan fingerprint density at radius 2 is 1.98 bits per heavy atom. The minimum absolute atomic E-state index is 0.0330. The summed E-state index contributed by atoms with van der Waals surface area (Å²) >= 11 is 14.2. The molecule has 10 nitrogen and oxygen atoms in total. The number of benzene rings is 3. The Morgan fingerprint density at radius 1 is 1.15 bits per heavy atom. The van der Waals surface area contributed by atoms with Crippen molar-refractivity contribution in [3.63, 3.8) is 0 Å². The Morgan fingerprint density at radius 3 is 2.75 bits per heavy atom. The van der Waals surface area contributed by atoms with Crippen LogP contribution < -0.4 is 20.3 Å². The number of aromatic nitrogens is 2. The van der Waals surface area contributed by atoms with Gasteiger partial charge in [0.1, 0.15) is 34.2 Å². The smallest absolute Gasteiger partial charge is 0.332 e. The molecule has 0 unspecified atom stereocenters. The number of amides is 3. The highest BCUT2D eigenvalue weighted by atomic mass is 35.5. The van der Waals surface area contributed by atoms with E-state index in [0.29, 0.717) is 27.2 Å². The molecule has 2 aliphatic heterocycles. The fourth-order valence-corrected chi connectivity index (χ4v) is 7.34. The molecule has 3 aromatic carbocycles. The van der Waals surface area contributed by atoms with Gasteiger partial charge in [-0.25, -0.2) is 24.1 Å². The number of rotatable bonds is 10. The van der Waals surface area contributed by atoms with Crippen LogP contribution >= 0.6 is 34.5 Å². The number of carbonyl (C=O) groups excluding carboxylic acids is 2. The van der Waals surface area contributed by atoms with E-state index >= 15 is 0 Å². The van der Waals surface area contributed by atoms with Crippen molar-refractivity contribution in [2.24, 2.45) is 0 Å². The zero-order valence-corrected chi connectivity index (χ0v) is 28.0. The molecule has 2 aliphatic rings. The third-order valence-corrected chi connectivity index (χ3v) is 9.75. The second kappa shape index (κ2) is 13.7. The number of nitrogens with zero attached hydrogens (tertiary/aromatic N) is 4. The maximum atomic E-state index is 13.7. The van der Waals surface area contributed by atoms with Gasteiger partial charge in [-0.2, -0.15) is 0 Å². The lowest BCUT2D eigenvalue weighted by Gasteiger charge is -2.28. The topological polar surface area (TPSA) is 109 Å². The number of ether oxygens (including phenoxy) is 2. The summed E-state index contributed by atoms with van der Waals surface area (Å²) in [5.74, 6) is -0.312. The zero-order valence-electron chi connectivity index (χ0n) is 25.6. The molecular weight excluding hydrogens is 678 g/mol. The van der Waals surface area contributed by atoms with Crippen molar-refractivity contribution in [2.75, 3.05) is 35.7 Å². The maximum absolute atomic E-state index is 13.7. The van der Waals surface area contributed by atoms with E-state index in [4.69, 9.17) is 32.7 Å². The van der Waals surface area contributed by atoms with Crippen LogP contribution in [-0.2, 0) is 17.9 Å². The first kappa shape index (κ1) is 32.2. The fourth-order valence-electron chi connectivity index (χ4n) is 5.83. The molecule has 1 fully saturated rings. The summed E-state index contributed by atoms with van der Waals surface area (Å²) in [5.41, 5.74) is 2.88. The Balaban J connectivity index is 1.11. The third kappa shape index (κ3) is 6.67. The van der Waals surface area contributed by atoms with Gasteiger partial charge < -0.3 is 20.1 Å². The van der Waals surface area contributed by atoms with Crippen molar-refractivity contribution < 1.29 is 23.5 Å². The number of likely N-dealkylation sites (N-methyl/N-ethyl adjacent to an activating group) is 1. The van der Waals surface area contributed by atoms with E-state index in [9.17, 15) is 14.0 Å². The van der Waals surface area contributed by atoms with Gasteiger partial charge in [0.05, 0.1) is 32.9 Å². The van der Waals surface area contributed by atoms with Gasteiger partial charge in [-0.3, -0.25) is 9.69 Å². The number of hydrogen-bond acceptors (Lipinski definition) is 8. The highest BCUT2D eigenvalue weighted by Crippen LogP contribution is 2.47. The summed E-state index contributed by atoms with van der Waals surface area (Å²) < 4.78 is 25.3. The summed E-state index contributed by atoms with van der Waals surface area (Å²) in [6, 6.07) is 16.1. The van der Waals surface area contributed by atoms with Crippen LogP contribution in [0, 0.1) is 5.82 Å². The molecule has 0 radical (unpaired) electrons. The molecule has 7 rings (SSSR count).